The van der Waals surface area contributed by atoms with Gasteiger partial charge in [0.15, 0.2) is 0 Å². The maximum Gasteiger partial charge on any atom is 0.241 e. The molecule has 0 aliphatic carbocycles. The fourth-order valence-electron chi connectivity index (χ4n) is 2.02. The van der Waals surface area contributed by atoms with Crippen molar-refractivity contribution in [2.45, 2.75) is 13.0 Å². The second kappa shape index (κ2) is 4.85. The number of hydrogen-bond donors (Lipinski definition) is 1. The molecule has 1 atom stereocenters. The molecular formula is C13H18N2O2. The summed E-state index contributed by atoms with van der Waals surface area (Å²) in [5, 5.41) is 9.54. The Labute approximate surface area is 101 Å². The van der Waals surface area contributed by atoms with Crippen LogP contribution in [0.3, 0.4) is 0 Å². The standard InChI is InChI=1S/C13H18N2O2/c1-10(16)11-4-3-5-12(8-11)15-7-6-14(2)9-13(15)17/h3-5,8,10,16H,6-7,9H2,1-2H3. The van der Waals surface area contributed by atoms with Crippen LogP contribution in [0.4, 0.5) is 5.69 Å². The van der Waals surface area contributed by atoms with Gasteiger partial charge in [0.1, 0.15) is 0 Å². The molecule has 92 valence electrons. The van der Waals surface area contributed by atoms with Crippen LogP contribution in [-0.2, 0) is 4.79 Å². The van der Waals surface area contributed by atoms with Crippen molar-refractivity contribution in [1.29, 1.82) is 0 Å². The first-order valence-electron chi connectivity index (χ1n) is 5.85. The molecule has 4 nitrogen and oxygen atoms in total. The van der Waals surface area contributed by atoms with E-state index in [0.29, 0.717) is 13.1 Å². The number of carbonyl (C=O) groups excluding carboxylic acids is 1. The summed E-state index contributed by atoms with van der Waals surface area (Å²) in [7, 11) is 1.95. The van der Waals surface area contributed by atoms with E-state index in [4.69, 9.17) is 0 Å². The van der Waals surface area contributed by atoms with Crippen molar-refractivity contribution in [1.82, 2.24) is 4.90 Å². The third kappa shape index (κ3) is 2.65. The summed E-state index contributed by atoms with van der Waals surface area (Å²) >= 11 is 0. The van der Waals surface area contributed by atoms with Gasteiger partial charge in [0.05, 0.1) is 12.6 Å². The third-order valence-electron chi connectivity index (χ3n) is 3.08. The van der Waals surface area contributed by atoms with E-state index >= 15 is 0 Å². The number of carbonyl (C=O) groups is 1. The Kier molecular flexibility index (Phi) is 3.45. The summed E-state index contributed by atoms with van der Waals surface area (Å²) in [6, 6.07) is 7.54. The minimum Gasteiger partial charge on any atom is -0.389 e. The van der Waals surface area contributed by atoms with E-state index in [0.717, 1.165) is 17.8 Å². The van der Waals surface area contributed by atoms with E-state index in [9.17, 15) is 9.90 Å². The summed E-state index contributed by atoms with van der Waals surface area (Å²) in [5.74, 6) is 0.112. The maximum atomic E-state index is 11.9. The number of piperazine rings is 1. The summed E-state index contributed by atoms with van der Waals surface area (Å²) in [5.41, 5.74) is 1.72. The number of rotatable bonds is 2. The van der Waals surface area contributed by atoms with Crippen molar-refractivity contribution in [3.8, 4) is 0 Å². The summed E-state index contributed by atoms with van der Waals surface area (Å²) in [6.45, 7) is 3.77. The van der Waals surface area contributed by atoms with Gasteiger partial charge in [-0.05, 0) is 31.7 Å². The molecule has 1 aromatic carbocycles. The average molecular weight is 234 g/mol. The van der Waals surface area contributed by atoms with Crippen molar-refractivity contribution in [2.75, 3.05) is 31.6 Å². The van der Waals surface area contributed by atoms with Crippen molar-refractivity contribution >= 4 is 11.6 Å². The number of likely N-dealkylation sites (N-methyl/N-ethyl adjacent to an activating group) is 1. The smallest absolute Gasteiger partial charge is 0.241 e. The first kappa shape index (κ1) is 12.1. The van der Waals surface area contributed by atoms with E-state index in [-0.39, 0.29) is 5.91 Å². The number of anilines is 1. The van der Waals surface area contributed by atoms with Crippen molar-refractivity contribution < 1.29 is 9.90 Å². The van der Waals surface area contributed by atoms with E-state index in [1.54, 1.807) is 11.8 Å². The van der Waals surface area contributed by atoms with Crippen LogP contribution >= 0.6 is 0 Å². The van der Waals surface area contributed by atoms with Crippen molar-refractivity contribution in [3.05, 3.63) is 29.8 Å². The molecule has 4 heteroatoms. The van der Waals surface area contributed by atoms with Crippen LogP contribution in [0.2, 0.25) is 0 Å². The molecule has 1 saturated heterocycles. The quantitative estimate of drug-likeness (QED) is 0.831. The fraction of sp³-hybridized carbons (Fsp3) is 0.462. The van der Waals surface area contributed by atoms with Crippen LogP contribution in [0.1, 0.15) is 18.6 Å². The molecule has 0 aromatic heterocycles. The van der Waals surface area contributed by atoms with E-state index in [1.165, 1.54) is 0 Å². The van der Waals surface area contributed by atoms with Crippen LogP contribution in [0.15, 0.2) is 24.3 Å². The van der Waals surface area contributed by atoms with Crippen LogP contribution in [0.5, 0.6) is 0 Å². The topological polar surface area (TPSA) is 43.8 Å². The van der Waals surface area contributed by atoms with Gasteiger partial charge in [-0.3, -0.25) is 9.69 Å². The minimum absolute atomic E-state index is 0.112. The largest absolute Gasteiger partial charge is 0.389 e. The third-order valence-corrected chi connectivity index (χ3v) is 3.08. The van der Waals surface area contributed by atoms with Gasteiger partial charge in [-0.2, -0.15) is 0 Å². The number of amides is 1. The number of aliphatic hydroxyl groups excluding tert-OH is 1. The van der Waals surface area contributed by atoms with E-state index in [1.807, 2.05) is 36.2 Å². The van der Waals surface area contributed by atoms with Gasteiger partial charge in [0.25, 0.3) is 0 Å². The molecule has 1 fully saturated rings. The number of aliphatic hydroxyl groups is 1. The highest BCUT2D eigenvalue weighted by atomic mass is 16.3. The molecular weight excluding hydrogens is 216 g/mol. The molecule has 0 radical (unpaired) electrons. The first-order valence-corrected chi connectivity index (χ1v) is 5.85. The molecule has 0 bridgehead atoms. The molecule has 1 aliphatic rings. The summed E-state index contributed by atoms with van der Waals surface area (Å²) < 4.78 is 0. The Hall–Kier alpha value is -1.39. The van der Waals surface area contributed by atoms with Crippen molar-refractivity contribution in [2.24, 2.45) is 0 Å². The second-order valence-corrected chi connectivity index (χ2v) is 4.55. The molecule has 17 heavy (non-hydrogen) atoms. The number of benzene rings is 1. The zero-order valence-corrected chi connectivity index (χ0v) is 10.3. The molecule has 1 N–H and O–H groups in total. The van der Waals surface area contributed by atoms with Crippen molar-refractivity contribution in [3.63, 3.8) is 0 Å². The Morgan fingerprint density at radius 3 is 2.76 bits per heavy atom. The lowest BCUT2D eigenvalue weighted by Crippen LogP contribution is -2.48. The minimum atomic E-state index is -0.502. The molecule has 2 rings (SSSR count). The van der Waals surface area contributed by atoms with Gasteiger partial charge >= 0.3 is 0 Å². The molecule has 0 spiro atoms. The molecule has 1 aromatic rings. The van der Waals surface area contributed by atoms with Crippen LogP contribution < -0.4 is 4.90 Å². The van der Waals surface area contributed by atoms with Gasteiger partial charge in [-0.1, -0.05) is 12.1 Å². The Bertz CT molecular complexity index is 418. The Morgan fingerprint density at radius 1 is 1.35 bits per heavy atom. The predicted molar refractivity (Wildman–Crippen MR) is 66.9 cm³/mol. The highest BCUT2D eigenvalue weighted by molar-refractivity contribution is 5.95. The van der Waals surface area contributed by atoms with E-state index in [2.05, 4.69) is 0 Å². The molecule has 1 heterocycles. The van der Waals surface area contributed by atoms with E-state index < -0.39 is 6.10 Å². The van der Waals surface area contributed by atoms with Gasteiger partial charge in [0.2, 0.25) is 5.91 Å². The maximum absolute atomic E-state index is 11.9. The van der Waals surface area contributed by atoms with Gasteiger partial charge in [-0.15, -0.1) is 0 Å². The zero-order valence-electron chi connectivity index (χ0n) is 10.3. The highest BCUT2D eigenvalue weighted by Crippen LogP contribution is 2.21. The Morgan fingerprint density at radius 2 is 2.12 bits per heavy atom. The molecule has 1 aliphatic heterocycles. The molecule has 1 amide bonds. The summed E-state index contributed by atoms with van der Waals surface area (Å²) in [4.78, 5) is 15.7. The second-order valence-electron chi connectivity index (χ2n) is 4.55. The molecule has 1 unspecified atom stereocenters. The number of hydrogen-bond acceptors (Lipinski definition) is 3. The predicted octanol–water partition coefficient (Wildman–Crippen LogP) is 1.02. The van der Waals surface area contributed by atoms with Gasteiger partial charge < -0.3 is 10.0 Å². The zero-order chi connectivity index (χ0) is 12.4. The monoisotopic (exact) mass is 234 g/mol. The fourth-order valence-corrected chi connectivity index (χ4v) is 2.02. The first-order chi connectivity index (χ1) is 8.08. The average Bonchev–Trinajstić information content (AvgIpc) is 2.29. The highest BCUT2D eigenvalue weighted by Gasteiger charge is 2.22. The van der Waals surface area contributed by atoms with Crippen LogP contribution in [0, 0.1) is 0 Å². The molecule has 0 saturated carbocycles. The van der Waals surface area contributed by atoms with Crippen LogP contribution in [-0.4, -0.2) is 42.6 Å². The Balaban J connectivity index is 2.22. The van der Waals surface area contributed by atoms with Crippen LogP contribution in [0.25, 0.3) is 0 Å². The lowest BCUT2D eigenvalue weighted by Gasteiger charge is -2.32. The number of nitrogens with zero attached hydrogens (tertiary/aromatic N) is 2. The normalized spacial score (nSPS) is 19.5. The van der Waals surface area contributed by atoms with Gasteiger partial charge in [0, 0.05) is 18.8 Å². The summed E-state index contributed by atoms with van der Waals surface area (Å²) in [6.07, 6.45) is -0.502. The van der Waals surface area contributed by atoms with Gasteiger partial charge in [-0.25, -0.2) is 0 Å². The lowest BCUT2D eigenvalue weighted by atomic mass is 10.1. The lowest BCUT2D eigenvalue weighted by molar-refractivity contribution is -0.120. The SMILES string of the molecule is CC(O)c1cccc(N2CCN(C)CC2=O)c1.